The first-order valence-electron chi connectivity index (χ1n) is 9.08. The third-order valence-corrected chi connectivity index (χ3v) is 5.90. The van der Waals surface area contributed by atoms with E-state index in [1.807, 2.05) is 23.1 Å². The minimum absolute atomic E-state index is 0.0783. The average molecular weight is 380 g/mol. The molecule has 3 amide bonds. The normalized spacial score (nSPS) is 15.7. The van der Waals surface area contributed by atoms with Gasteiger partial charge in [0.05, 0.1) is 16.9 Å². The highest BCUT2D eigenvalue weighted by atomic mass is 32.2. The zero-order valence-electron chi connectivity index (χ0n) is 14.9. The van der Waals surface area contributed by atoms with Crippen LogP contribution in [0.1, 0.15) is 32.7 Å². The van der Waals surface area contributed by atoms with Gasteiger partial charge in [-0.3, -0.25) is 19.3 Å². The van der Waals surface area contributed by atoms with Crippen LogP contribution in [0.4, 0.5) is 5.69 Å². The summed E-state index contributed by atoms with van der Waals surface area (Å²) in [5.74, 6) is 0.485. The summed E-state index contributed by atoms with van der Waals surface area (Å²) in [6, 6.07) is 14.9. The van der Waals surface area contributed by atoms with E-state index >= 15 is 0 Å². The number of aryl methyl sites for hydroxylation is 1. The lowest BCUT2D eigenvalue weighted by Crippen LogP contribution is -2.37. The number of para-hydroxylation sites is 1. The minimum Gasteiger partial charge on any atom is -0.311 e. The fourth-order valence-corrected chi connectivity index (χ4v) is 4.41. The number of anilines is 1. The third-order valence-electron chi connectivity index (χ3n) is 4.97. The van der Waals surface area contributed by atoms with E-state index < -0.39 is 0 Å². The molecule has 0 aromatic heterocycles. The van der Waals surface area contributed by atoms with Crippen LogP contribution < -0.4 is 4.90 Å². The Bertz CT molecular complexity index is 877. The molecule has 0 aliphatic carbocycles. The molecular weight excluding hydrogens is 360 g/mol. The number of carbonyl (C=O) groups is 3. The summed E-state index contributed by atoms with van der Waals surface area (Å²) < 4.78 is 0. The Morgan fingerprint density at radius 2 is 1.63 bits per heavy atom. The highest BCUT2D eigenvalue weighted by molar-refractivity contribution is 7.99. The van der Waals surface area contributed by atoms with Gasteiger partial charge in [0.2, 0.25) is 5.91 Å². The van der Waals surface area contributed by atoms with Crippen molar-refractivity contribution in [2.75, 3.05) is 29.5 Å². The second-order valence-electron chi connectivity index (χ2n) is 6.64. The molecule has 2 aliphatic rings. The zero-order valence-corrected chi connectivity index (χ0v) is 15.7. The van der Waals surface area contributed by atoms with Gasteiger partial charge >= 0.3 is 0 Å². The second-order valence-corrected chi connectivity index (χ2v) is 7.74. The van der Waals surface area contributed by atoms with Gasteiger partial charge in [0.25, 0.3) is 11.8 Å². The van der Waals surface area contributed by atoms with Crippen LogP contribution in [0.2, 0.25) is 0 Å². The van der Waals surface area contributed by atoms with Crippen LogP contribution in [0, 0.1) is 0 Å². The van der Waals surface area contributed by atoms with E-state index in [0.29, 0.717) is 29.2 Å². The summed E-state index contributed by atoms with van der Waals surface area (Å²) in [5.41, 5.74) is 3.16. The Morgan fingerprint density at radius 1 is 0.963 bits per heavy atom. The molecule has 138 valence electrons. The first kappa shape index (κ1) is 17.8. The van der Waals surface area contributed by atoms with Crippen molar-refractivity contribution < 1.29 is 14.4 Å². The first-order chi connectivity index (χ1) is 13.2. The van der Waals surface area contributed by atoms with E-state index in [1.54, 1.807) is 24.3 Å². The molecule has 0 fully saturated rings. The highest BCUT2D eigenvalue weighted by Crippen LogP contribution is 2.27. The van der Waals surface area contributed by atoms with Crippen LogP contribution >= 0.6 is 11.8 Å². The lowest BCUT2D eigenvalue weighted by atomic mass is 10.0. The molecular formula is C21H20N2O3S. The molecule has 0 saturated carbocycles. The van der Waals surface area contributed by atoms with Gasteiger partial charge in [-0.25, -0.2) is 0 Å². The molecule has 2 aliphatic heterocycles. The van der Waals surface area contributed by atoms with Gasteiger partial charge < -0.3 is 4.90 Å². The van der Waals surface area contributed by atoms with E-state index in [2.05, 4.69) is 6.07 Å². The molecule has 0 spiro atoms. The highest BCUT2D eigenvalue weighted by Gasteiger charge is 2.34. The zero-order chi connectivity index (χ0) is 18.8. The van der Waals surface area contributed by atoms with Crippen molar-refractivity contribution in [2.24, 2.45) is 0 Å². The molecule has 27 heavy (non-hydrogen) atoms. The summed E-state index contributed by atoms with van der Waals surface area (Å²) in [6.07, 6.45) is 1.98. The fraction of sp³-hybridized carbons (Fsp3) is 0.286. The Hall–Kier alpha value is -2.60. The van der Waals surface area contributed by atoms with Crippen LogP contribution in [0.15, 0.2) is 48.5 Å². The van der Waals surface area contributed by atoms with E-state index in [9.17, 15) is 14.4 Å². The van der Waals surface area contributed by atoms with E-state index in [-0.39, 0.29) is 17.7 Å². The standard InChI is InChI=1S/C21H20N2O3S/c24-19(22-11-5-7-15-6-1-4-10-18(15)22)14-27-13-12-23-20(25)16-8-2-3-9-17(16)21(23)26/h1-4,6,8-10H,5,7,11-14H2. The number of rotatable bonds is 5. The van der Waals surface area contributed by atoms with Gasteiger partial charge in [-0.2, -0.15) is 11.8 Å². The molecule has 2 aromatic rings. The molecule has 4 rings (SSSR count). The summed E-state index contributed by atoms with van der Waals surface area (Å²) in [5, 5.41) is 0. The monoisotopic (exact) mass is 380 g/mol. The maximum atomic E-state index is 12.6. The summed E-state index contributed by atoms with van der Waals surface area (Å²) in [7, 11) is 0. The summed E-state index contributed by atoms with van der Waals surface area (Å²) in [6.45, 7) is 1.07. The van der Waals surface area contributed by atoms with Gasteiger partial charge in [-0.05, 0) is 36.6 Å². The van der Waals surface area contributed by atoms with Gasteiger partial charge in [0, 0.05) is 24.5 Å². The number of hydrogen-bond acceptors (Lipinski definition) is 4. The number of fused-ring (bicyclic) bond motifs is 2. The largest absolute Gasteiger partial charge is 0.311 e. The van der Waals surface area contributed by atoms with Crippen molar-refractivity contribution in [2.45, 2.75) is 12.8 Å². The lowest BCUT2D eigenvalue weighted by molar-refractivity contribution is -0.116. The molecule has 0 bridgehead atoms. The van der Waals surface area contributed by atoms with Gasteiger partial charge in [0.1, 0.15) is 0 Å². The number of hydrogen-bond donors (Lipinski definition) is 0. The van der Waals surface area contributed by atoms with Crippen LogP contribution in [0.3, 0.4) is 0 Å². The van der Waals surface area contributed by atoms with E-state index in [1.165, 1.54) is 22.2 Å². The Kier molecular flexibility index (Phi) is 4.99. The maximum Gasteiger partial charge on any atom is 0.261 e. The van der Waals surface area contributed by atoms with Crippen molar-refractivity contribution in [3.05, 3.63) is 65.2 Å². The summed E-state index contributed by atoms with van der Waals surface area (Å²) in [4.78, 5) is 40.4. The van der Waals surface area contributed by atoms with E-state index in [0.717, 1.165) is 25.1 Å². The number of imide groups is 1. The molecule has 0 radical (unpaired) electrons. The first-order valence-corrected chi connectivity index (χ1v) is 10.2. The molecule has 5 nitrogen and oxygen atoms in total. The molecule has 0 atom stereocenters. The molecule has 0 saturated heterocycles. The predicted octanol–water partition coefficient (Wildman–Crippen LogP) is 3.00. The molecule has 2 heterocycles. The topological polar surface area (TPSA) is 57.7 Å². The number of benzene rings is 2. The average Bonchev–Trinajstić information content (AvgIpc) is 2.95. The molecule has 2 aromatic carbocycles. The van der Waals surface area contributed by atoms with Crippen LogP contribution in [-0.2, 0) is 11.2 Å². The smallest absolute Gasteiger partial charge is 0.261 e. The van der Waals surface area contributed by atoms with Crippen molar-refractivity contribution >= 4 is 35.2 Å². The van der Waals surface area contributed by atoms with Crippen molar-refractivity contribution in [1.29, 1.82) is 0 Å². The Morgan fingerprint density at radius 3 is 2.37 bits per heavy atom. The molecule has 6 heteroatoms. The maximum absolute atomic E-state index is 12.6. The quantitative estimate of drug-likeness (QED) is 0.591. The lowest BCUT2D eigenvalue weighted by Gasteiger charge is -2.29. The van der Waals surface area contributed by atoms with Crippen LogP contribution in [0.5, 0.6) is 0 Å². The van der Waals surface area contributed by atoms with Crippen molar-refractivity contribution in [3.63, 3.8) is 0 Å². The Labute approximate surface area is 162 Å². The third kappa shape index (κ3) is 3.37. The van der Waals surface area contributed by atoms with Crippen molar-refractivity contribution in [1.82, 2.24) is 4.90 Å². The number of nitrogens with zero attached hydrogens (tertiary/aromatic N) is 2. The van der Waals surface area contributed by atoms with Crippen LogP contribution in [-0.4, -0.2) is 47.2 Å². The number of amides is 3. The summed E-state index contributed by atoms with van der Waals surface area (Å²) >= 11 is 1.46. The van der Waals surface area contributed by atoms with Crippen LogP contribution in [0.25, 0.3) is 0 Å². The number of carbonyl (C=O) groups excluding carboxylic acids is 3. The van der Waals surface area contributed by atoms with Gasteiger partial charge in [0.15, 0.2) is 0 Å². The van der Waals surface area contributed by atoms with Gasteiger partial charge in [-0.1, -0.05) is 30.3 Å². The fourth-order valence-electron chi connectivity index (χ4n) is 3.63. The Balaban J connectivity index is 1.31. The second kappa shape index (κ2) is 7.56. The molecule has 0 N–H and O–H groups in total. The minimum atomic E-state index is -0.243. The van der Waals surface area contributed by atoms with Crippen molar-refractivity contribution in [3.8, 4) is 0 Å². The van der Waals surface area contributed by atoms with E-state index in [4.69, 9.17) is 0 Å². The SMILES string of the molecule is O=C1c2ccccc2C(=O)N1CCSCC(=O)N1CCCc2ccccc21. The number of thioether (sulfide) groups is 1. The van der Waals surface area contributed by atoms with Gasteiger partial charge in [-0.15, -0.1) is 0 Å². The molecule has 0 unspecified atom stereocenters. The predicted molar refractivity (Wildman–Crippen MR) is 106 cm³/mol.